The molecule has 120 valence electrons. The third-order valence-corrected chi connectivity index (χ3v) is 7.44. The van der Waals surface area contributed by atoms with Gasteiger partial charge in [0.1, 0.15) is 5.75 Å². The normalized spacial score (nSPS) is 40.0. The second-order valence-electron chi connectivity index (χ2n) is 7.63. The molecule has 3 aliphatic rings. The average molecular weight is 318 g/mol. The van der Waals surface area contributed by atoms with E-state index in [9.17, 15) is 10.2 Å². The molecule has 4 unspecified atom stereocenters. The van der Waals surface area contributed by atoms with Crippen molar-refractivity contribution in [3.63, 3.8) is 0 Å². The van der Waals surface area contributed by atoms with Crippen molar-refractivity contribution in [1.82, 2.24) is 0 Å². The number of rotatable bonds is 1. The van der Waals surface area contributed by atoms with Crippen LogP contribution in [0.25, 0.3) is 0 Å². The first-order valence-electron chi connectivity index (χ1n) is 8.68. The number of hydrogen-bond acceptors (Lipinski definition) is 3. The first kappa shape index (κ1) is 14.9. The van der Waals surface area contributed by atoms with E-state index in [1.807, 2.05) is 12.3 Å². The summed E-state index contributed by atoms with van der Waals surface area (Å²) in [5.41, 5.74) is 2.85. The largest absolute Gasteiger partial charge is 0.507 e. The highest BCUT2D eigenvalue weighted by Crippen LogP contribution is 2.57. The van der Waals surface area contributed by atoms with Crippen molar-refractivity contribution in [1.29, 1.82) is 0 Å². The Hall–Kier alpha value is -0.670. The highest BCUT2D eigenvalue weighted by molar-refractivity contribution is 7.98. The minimum Gasteiger partial charge on any atom is -0.507 e. The van der Waals surface area contributed by atoms with E-state index in [1.54, 1.807) is 11.8 Å². The van der Waals surface area contributed by atoms with Crippen LogP contribution in [0.2, 0.25) is 0 Å². The summed E-state index contributed by atoms with van der Waals surface area (Å²) in [6.07, 6.45) is 7.71. The number of aliphatic hydroxyl groups is 1. The Kier molecular flexibility index (Phi) is 3.69. The van der Waals surface area contributed by atoms with Gasteiger partial charge < -0.3 is 10.2 Å². The van der Waals surface area contributed by atoms with Crippen molar-refractivity contribution < 1.29 is 10.2 Å². The lowest BCUT2D eigenvalue weighted by Gasteiger charge is -2.47. The third kappa shape index (κ3) is 2.12. The van der Waals surface area contributed by atoms with Crippen LogP contribution in [0, 0.1) is 23.7 Å². The number of aromatic hydroxyl groups is 1. The molecule has 0 spiro atoms. The van der Waals surface area contributed by atoms with Gasteiger partial charge in [-0.05, 0) is 91.2 Å². The highest BCUT2D eigenvalue weighted by atomic mass is 32.2. The molecule has 0 radical (unpaired) electrons. The van der Waals surface area contributed by atoms with E-state index in [4.69, 9.17) is 0 Å². The molecule has 0 saturated heterocycles. The van der Waals surface area contributed by atoms with Crippen LogP contribution in [0.4, 0.5) is 0 Å². The van der Waals surface area contributed by atoms with Gasteiger partial charge in [-0.1, -0.05) is 6.92 Å². The van der Waals surface area contributed by atoms with Crippen molar-refractivity contribution in [2.75, 3.05) is 6.26 Å². The van der Waals surface area contributed by atoms with Crippen LogP contribution in [0.3, 0.4) is 0 Å². The number of phenolic OH excluding ortho intramolecular Hbond substituents is 1. The Balaban J connectivity index is 1.73. The van der Waals surface area contributed by atoms with Crippen molar-refractivity contribution >= 4 is 11.8 Å². The molecule has 1 aromatic rings. The third-order valence-electron chi connectivity index (χ3n) is 6.67. The van der Waals surface area contributed by atoms with Gasteiger partial charge in [0.05, 0.1) is 6.10 Å². The van der Waals surface area contributed by atoms with Gasteiger partial charge in [0.2, 0.25) is 0 Å². The minimum absolute atomic E-state index is 0.0658. The molecular formula is C19H26O2S. The lowest BCUT2D eigenvalue weighted by molar-refractivity contribution is 0.0186. The van der Waals surface area contributed by atoms with Crippen LogP contribution >= 0.6 is 11.8 Å². The molecule has 0 heterocycles. The van der Waals surface area contributed by atoms with Crippen molar-refractivity contribution in [2.24, 2.45) is 23.7 Å². The summed E-state index contributed by atoms with van der Waals surface area (Å²) < 4.78 is 0. The predicted octanol–water partition coefficient (Wildman–Crippen LogP) is 4.19. The van der Waals surface area contributed by atoms with E-state index in [-0.39, 0.29) is 6.10 Å². The van der Waals surface area contributed by atoms with Crippen molar-refractivity contribution in [3.8, 4) is 5.75 Å². The van der Waals surface area contributed by atoms with Crippen LogP contribution in [0.15, 0.2) is 17.0 Å². The quantitative estimate of drug-likeness (QED) is 0.763. The van der Waals surface area contributed by atoms with Crippen LogP contribution in [-0.2, 0) is 6.42 Å². The molecule has 0 aliphatic heterocycles. The van der Waals surface area contributed by atoms with Gasteiger partial charge in [-0.25, -0.2) is 0 Å². The minimum atomic E-state index is -0.0658. The SMILES string of the molecule is CSc1cc2c(cc1O)CCC1C2C[C@@H](C)C2C1CC[C@@H]2O. The van der Waals surface area contributed by atoms with Gasteiger partial charge in [0, 0.05) is 4.90 Å². The Morgan fingerprint density at radius 3 is 2.73 bits per heavy atom. The van der Waals surface area contributed by atoms with E-state index in [0.29, 0.717) is 29.4 Å². The van der Waals surface area contributed by atoms with Crippen LogP contribution < -0.4 is 0 Å². The summed E-state index contributed by atoms with van der Waals surface area (Å²) >= 11 is 1.64. The van der Waals surface area contributed by atoms with Gasteiger partial charge in [0.15, 0.2) is 0 Å². The number of thioether (sulfide) groups is 1. The molecular weight excluding hydrogens is 292 g/mol. The summed E-state index contributed by atoms with van der Waals surface area (Å²) in [7, 11) is 0. The fourth-order valence-corrected chi connectivity index (χ4v) is 6.33. The number of hydrogen-bond donors (Lipinski definition) is 2. The second-order valence-corrected chi connectivity index (χ2v) is 8.48. The van der Waals surface area contributed by atoms with E-state index in [0.717, 1.165) is 23.7 Å². The molecule has 3 heteroatoms. The van der Waals surface area contributed by atoms with Gasteiger partial charge >= 0.3 is 0 Å². The summed E-state index contributed by atoms with van der Waals surface area (Å²) in [6, 6.07) is 4.27. The van der Waals surface area contributed by atoms with Crippen LogP contribution in [-0.4, -0.2) is 22.6 Å². The summed E-state index contributed by atoms with van der Waals surface area (Å²) in [5.74, 6) is 3.68. The maximum absolute atomic E-state index is 10.4. The molecule has 2 nitrogen and oxygen atoms in total. The molecule has 3 aliphatic carbocycles. The van der Waals surface area contributed by atoms with Crippen molar-refractivity contribution in [3.05, 3.63) is 23.3 Å². The van der Waals surface area contributed by atoms with Crippen LogP contribution in [0.5, 0.6) is 5.75 Å². The first-order chi connectivity index (χ1) is 10.6. The van der Waals surface area contributed by atoms with Crippen LogP contribution in [0.1, 0.15) is 49.7 Å². The number of phenols is 1. The Labute approximate surface area is 137 Å². The average Bonchev–Trinajstić information content (AvgIpc) is 2.89. The molecule has 0 aromatic heterocycles. The van der Waals surface area contributed by atoms with E-state index >= 15 is 0 Å². The standard InChI is InChI=1S/C19H26O2S/c1-10-7-15-12(13-5-6-16(20)19(10)13)4-3-11-8-17(21)18(22-2)9-14(11)15/h8-10,12-13,15-16,19-21H,3-7H2,1-2H3/t10-,12?,13?,15?,16+,19?/m1/s1. The van der Waals surface area contributed by atoms with Gasteiger partial charge in [-0.15, -0.1) is 11.8 Å². The number of benzene rings is 1. The Bertz CT molecular complexity index is 585. The van der Waals surface area contributed by atoms with Gasteiger partial charge in [-0.3, -0.25) is 0 Å². The summed E-state index contributed by atoms with van der Waals surface area (Å²) in [6.45, 7) is 2.34. The second kappa shape index (κ2) is 5.45. The zero-order valence-electron chi connectivity index (χ0n) is 13.5. The summed E-state index contributed by atoms with van der Waals surface area (Å²) in [4.78, 5) is 1.01. The Morgan fingerprint density at radius 2 is 1.95 bits per heavy atom. The smallest absolute Gasteiger partial charge is 0.129 e. The lowest BCUT2D eigenvalue weighted by Crippen LogP contribution is -2.41. The topological polar surface area (TPSA) is 40.5 Å². The van der Waals surface area contributed by atoms with E-state index < -0.39 is 0 Å². The molecule has 1 aromatic carbocycles. The maximum atomic E-state index is 10.4. The van der Waals surface area contributed by atoms with Crippen molar-refractivity contribution in [2.45, 2.75) is 55.9 Å². The van der Waals surface area contributed by atoms with E-state index in [1.165, 1.54) is 30.4 Å². The molecule has 4 rings (SSSR count). The monoisotopic (exact) mass is 318 g/mol. The fraction of sp³-hybridized carbons (Fsp3) is 0.684. The number of aryl methyl sites for hydroxylation is 1. The molecule has 2 N–H and O–H groups in total. The zero-order chi connectivity index (χ0) is 15.4. The van der Waals surface area contributed by atoms with E-state index in [2.05, 4.69) is 13.0 Å². The lowest BCUT2D eigenvalue weighted by atomic mass is 9.57. The fourth-order valence-electron chi connectivity index (χ4n) is 5.81. The number of aliphatic hydroxyl groups excluding tert-OH is 1. The molecule has 22 heavy (non-hydrogen) atoms. The molecule has 2 saturated carbocycles. The highest BCUT2D eigenvalue weighted by Gasteiger charge is 2.50. The molecule has 2 fully saturated rings. The maximum Gasteiger partial charge on any atom is 0.129 e. The first-order valence-corrected chi connectivity index (χ1v) is 9.90. The molecule has 0 amide bonds. The zero-order valence-corrected chi connectivity index (χ0v) is 14.3. The molecule has 0 bridgehead atoms. The molecule has 6 atom stereocenters. The summed E-state index contributed by atoms with van der Waals surface area (Å²) in [5, 5.41) is 20.5. The number of fused-ring (bicyclic) bond motifs is 5. The van der Waals surface area contributed by atoms with Gasteiger partial charge in [-0.2, -0.15) is 0 Å². The Morgan fingerprint density at radius 1 is 1.14 bits per heavy atom. The predicted molar refractivity (Wildman–Crippen MR) is 90.4 cm³/mol. The van der Waals surface area contributed by atoms with Gasteiger partial charge in [0.25, 0.3) is 0 Å².